The molecule has 0 aliphatic rings. The van der Waals surface area contributed by atoms with Crippen LogP contribution in [-0.2, 0) is 9.59 Å². The number of amides is 2. The average molecular weight is 448 g/mol. The summed E-state index contributed by atoms with van der Waals surface area (Å²) < 4.78 is 0. The van der Waals surface area contributed by atoms with Crippen LogP contribution < -0.4 is 10.6 Å². The first-order chi connectivity index (χ1) is 15.8. The summed E-state index contributed by atoms with van der Waals surface area (Å²) in [6.07, 6.45) is 1.15. The van der Waals surface area contributed by atoms with Gasteiger partial charge in [0.2, 0.25) is 0 Å². The van der Waals surface area contributed by atoms with E-state index < -0.39 is 27.2 Å². The van der Waals surface area contributed by atoms with Crippen molar-refractivity contribution in [3.63, 3.8) is 0 Å². The summed E-state index contributed by atoms with van der Waals surface area (Å²) in [7, 11) is 0. The number of nitrogens with zero attached hydrogens (tertiary/aromatic N) is 2. The molecule has 0 heterocycles. The molecule has 0 unspecified atom stereocenters. The smallest absolute Gasteiger partial charge is 0.292 e. The van der Waals surface area contributed by atoms with E-state index in [1.165, 1.54) is 72.8 Å². The number of benzene rings is 3. The maximum atomic E-state index is 13.0. The fraction of sp³-hybridized carbons (Fsp3) is 0. The van der Waals surface area contributed by atoms with Gasteiger partial charge in [0, 0.05) is 12.1 Å². The minimum absolute atomic E-state index is 0.124. The highest BCUT2D eigenvalue weighted by atomic mass is 16.6. The quantitative estimate of drug-likeness (QED) is 0.162. The monoisotopic (exact) mass is 448 g/mol. The van der Waals surface area contributed by atoms with Crippen LogP contribution in [0.1, 0.15) is 5.56 Å². The number of para-hydroxylation sites is 4. The molecule has 0 bridgehead atoms. The number of phenols is 1. The molecule has 3 rings (SSSR count). The summed E-state index contributed by atoms with van der Waals surface area (Å²) in [5.41, 5.74) is -1.29. The number of nitro groups is 2. The molecule has 0 atom stereocenters. The number of phenolic OH excluding ortho intramolecular Hbond substituents is 1. The third kappa shape index (κ3) is 5.55. The summed E-state index contributed by atoms with van der Waals surface area (Å²) in [5.74, 6) is -2.12. The predicted molar refractivity (Wildman–Crippen MR) is 120 cm³/mol. The first-order valence-electron chi connectivity index (χ1n) is 9.36. The molecule has 3 aromatic rings. The number of aromatic hydroxyl groups is 1. The standard InChI is InChI=1S/C22H16N4O7/c27-15-7-5-6-14(12-15)13-16(21(28)23-17-8-1-3-10-19(17)25(30)31)22(29)24-18-9-2-4-11-20(18)26(32)33/h1-13,27H,(H,23,28)(H,24,29). The molecule has 33 heavy (non-hydrogen) atoms. The molecule has 0 radical (unpaired) electrons. The number of rotatable bonds is 7. The molecule has 3 aromatic carbocycles. The van der Waals surface area contributed by atoms with Crippen molar-refractivity contribution in [1.29, 1.82) is 0 Å². The van der Waals surface area contributed by atoms with E-state index in [-0.39, 0.29) is 34.1 Å². The van der Waals surface area contributed by atoms with Gasteiger partial charge in [-0.15, -0.1) is 0 Å². The van der Waals surface area contributed by atoms with Crippen LogP contribution >= 0.6 is 0 Å². The number of carbonyl (C=O) groups excluding carboxylic acids is 2. The molecule has 166 valence electrons. The van der Waals surface area contributed by atoms with E-state index in [1.54, 1.807) is 0 Å². The second kappa shape index (κ2) is 9.83. The van der Waals surface area contributed by atoms with E-state index in [2.05, 4.69) is 10.6 Å². The van der Waals surface area contributed by atoms with Crippen LogP contribution in [0.4, 0.5) is 22.7 Å². The van der Waals surface area contributed by atoms with Crippen LogP contribution in [0.15, 0.2) is 78.4 Å². The number of anilines is 2. The van der Waals surface area contributed by atoms with Gasteiger partial charge in [-0.25, -0.2) is 0 Å². The summed E-state index contributed by atoms with van der Waals surface area (Å²) in [5, 5.41) is 36.8. The van der Waals surface area contributed by atoms with Crippen LogP contribution in [0.5, 0.6) is 5.75 Å². The Morgan fingerprint density at radius 2 is 1.24 bits per heavy atom. The highest BCUT2D eigenvalue weighted by molar-refractivity contribution is 6.29. The van der Waals surface area contributed by atoms with Crippen molar-refractivity contribution in [3.8, 4) is 5.75 Å². The van der Waals surface area contributed by atoms with Crippen molar-refractivity contribution in [2.24, 2.45) is 0 Å². The zero-order chi connectivity index (χ0) is 24.0. The van der Waals surface area contributed by atoms with Crippen molar-refractivity contribution in [2.75, 3.05) is 10.6 Å². The Labute approximate surface area is 186 Å². The van der Waals surface area contributed by atoms with Gasteiger partial charge in [0.1, 0.15) is 22.7 Å². The molecule has 11 nitrogen and oxygen atoms in total. The lowest BCUT2D eigenvalue weighted by molar-refractivity contribution is -0.384. The van der Waals surface area contributed by atoms with Crippen LogP contribution in [0.25, 0.3) is 6.08 Å². The molecule has 0 aliphatic heterocycles. The zero-order valence-electron chi connectivity index (χ0n) is 16.8. The number of hydrogen-bond acceptors (Lipinski definition) is 7. The Hall–Kier alpha value is -5.06. The molecule has 11 heteroatoms. The highest BCUT2D eigenvalue weighted by Gasteiger charge is 2.24. The van der Waals surface area contributed by atoms with E-state index in [0.29, 0.717) is 0 Å². The number of nitrogens with one attached hydrogen (secondary N) is 2. The van der Waals surface area contributed by atoms with E-state index in [4.69, 9.17) is 0 Å². The van der Waals surface area contributed by atoms with Crippen molar-refractivity contribution in [3.05, 3.63) is 104 Å². The maximum Gasteiger partial charge on any atom is 0.292 e. The van der Waals surface area contributed by atoms with Crippen LogP contribution in [0.2, 0.25) is 0 Å². The van der Waals surface area contributed by atoms with Crippen molar-refractivity contribution in [2.45, 2.75) is 0 Å². The molecular weight excluding hydrogens is 432 g/mol. The van der Waals surface area contributed by atoms with Gasteiger partial charge in [-0.1, -0.05) is 36.4 Å². The van der Waals surface area contributed by atoms with Gasteiger partial charge in [0.05, 0.1) is 9.85 Å². The van der Waals surface area contributed by atoms with Gasteiger partial charge < -0.3 is 15.7 Å². The van der Waals surface area contributed by atoms with E-state index in [1.807, 2.05) is 0 Å². The van der Waals surface area contributed by atoms with Crippen molar-refractivity contribution in [1.82, 2.24) is 0 Å². The fourth-order valence-corrected chi connectivity index (χ4v) is 2.87. The molecule has 2 amide bonds. The number of carbonyl (C=O) groups is 2. The molecule has 3 N–H and O–H groups in total. The highest BCUT2D eigenvalue weighted by Crippen LogP contribution is 2.26. The van der Waals surface area contributed by atoms with E-state index >= 15 is 0 Å². The number of hydrogen-bond donors (Lipinski definition) is 3. The third-order valence-electron chi connectivity index (χ3n) is 4.37. The van der Waals surface area contributed by atoms with Crippen LogP contribution in [0, 0.1) is 20.2 Å². The van der Waals surface area contributed by atoms with Gasteiger partial charge in [-0.2, -0.15) is 0 Å². The van der Waals surface area contributed by atoms with E-state index in [9.17, 15) is 34.9 Å². The van der Waals surface area contributed by atoms with Crippen molar-refractivity contribution < 1.29 is 24.5 Å². The molecular formula is C22H16N4O7. The SMILES string of the molecule is O=C(Nc1ccccc1[N+](=O)[O-])C(=Cc1cccc(O)c1)C(=O)Nc1ccccc1[N+](=O)[O-]. The summed E-state index contributed by atoms with van der Waals surface area (Å²) in [6.45, 7) is 0. The topological polar surface area (TPSA) is 165 Å². The van der Waals surface area contributed by atoms with Gasteiger partial charge >= 0.3 is 0 Å². The van der Waals surface area contributed by atoms with Gasteiger partial charge in [-0.3, -0.25) is 29.8 Å². The van der Waals surface area contributed by atoms with Crippen molar-refractivity contribution >= 4 is 40.6 Å². The van der Waals surface area contributed by atoms with Gasteiger partial charge in [0.15, 0.2) is 0 Å². The number of nitro benzene ring substituents is 2. The molecule has 0 saturated carbocycles. The largest absolute Gasteiger partial charge is 0.508 e. The van der Waals surface area contributed by atoms with Crippen LogP contribution in [-0.4, -0.2) is 26.8 Å². The minimum Gasteiger partial charge on any atom is -0.508 e. The van der Waals surface area contributed by atoms with Crippen LogP contribution in [0.3, 0.4) is 0 Å². The molecule has 0 fully saturated rings. The lowest BCUT2D eigenvalue weighted by Gasteiger charge is -2.11. The van der Waals surface area contributed by atoms with Gasteiger partial charge in [0.25, 0.3) is 23.2 Å². The molecule has 0 spiro atoms. The minimum atomic E-state index is -0.997. The first-order valence-corrected chi connectivity index (χ1v) is 9.36. The third-order valence-corrected chi connectivity index (χ3v) is 4.37. The summed E-state index contributed by atoms with van der Waals surface area (Å²) >= 11 is 0. The average Bonchev–Trinajstić information content (AvgIpc) is 2.77. The first kappa shape index (κ1) is 22.6. The zero-order valence-corrected chi connectivity index (χ0v) is 16.8. The lowest BCUT2D eigenvalue weighted by Crippen LogP contribution is -2.26. The fourth-order valence-electron chi connectivity index (χ4n) is 2.87. The normalized spacial score (nSPS) is 10.1. The summed E-state index contributed by atoms with van der Waals surface area (Å²) in [6, 6.07) is 16.4. The second-order valence-corrected chi connectivity index (χ2v) is 6.61. The van der Waals surface area contributed by atoms with Gasteiger partial charge in [-0.05, 0) is 35.9 Å². The molecule has 0 saturated heterocycles. The Bertz CT molecular complexity index is 1210. The predicted octanol–water partition coefficient (Wildman–Crippen LogP) is 3.87. The Morgan fingerprint density at radius 3 is 1.70 bits per heavy atom. The maximum absolute atomic E-state index is 13.0. The Balaban J connectivity index is 2.00. The molecule has 0 aliphatic carbocycles. The summed E-state index contributed by atoms with van der Waals surface area (Å²) in [4.78, 5) is 47.0. The molecule has 0 aromatic heterocycles. The lowest BCUT2D eigenvalue weighted by atomic mass is 10.1. The second-order valence-electron chi connectivity index (χ2n) is 6.61. The Morgan fingerprint density at radius 1 is 0.758 bits per heavy atom. The Kier molecular flexibility index (Phi) is 6.74. The van der Waals surface area contributed by atoms with E-state index in [0.717, 1.165) is 6.08 Å².